The second-order valence-corrected chi connectivity index (χ2v) is 4.43. The highest BCUT2D eigenvalue weighted by atomic mass is 15.3. The number of aromatic nitrogens is 2. The minimum atomic E-state index is 0.477. The number of nitrogens with zero attached hydrogens (tertiary/aromatic N) is 4. The molecule has 17 heavy (non-hydrogen) atoms. The van der Waals surface area contributed by atoms with Gasteiger partial charge in [0.15, 0.2) is 0 Å². The minimum absolute atomic E-state index is 0.477. The minimum Gasteiger partial charge on any atom is -0.338 e. The van der Waals surface area contributed by atoms with Crippen molar-refractivity contribution in [1.29, 1.82) is 0 Å². The van der Waals surface area contributed by atoms with Crippen LogP contribution in [0.1, 0.15) is 18.3 Å². The van der Waals surface area contributed by atoms with Crippen LogP contribution in [0.4, 0.5) is 5.95 Å². The van der Waals surface area contributed by atoms with Crippen molar-refractivity contribution in [3.05, 3.63) is 17.5 Å². The van der Waals surface area contributed by atoms with Crippen molar-refractivity contribution < 1.29 is 0 Å². The largest absolute Gasteiger partial charge is 0.338 e. The molecule has 1 saturated heterocycles. The lowest BCUT2D eigenvalue weighted by Gasteiger charge is -2.34. The molecule has 0 radical (unpaired) electrons. The van der Waals surface area contributed by atoms with Crippen LogP contribution in [-0.2, 0) is 6.54 Å². The zero-order valence-electron chi connectivity index (χ0n) is 10.7. The first-order chi connectivity index (χ1) is 8.22. The van der Waals surface area contributed by atoms with E-state index in [-0.39, 0.29) is 0 Å². The fraction of sp³-hybridized carbons (Fsp3) is 0.667. The molecule has 0 atom stereocenters. The highest BCUT2D eigenvalue weighted by molar-refractivity contribution is 5.33. The van der Waals surface area contributed by atoms with E-state index < -0.39 is 0 Å². The van der Waals surface area contributed by atoms with Gasteiger partial charge in [-0.1, -0.05) is 6.92 Å². The molecule has 0 saturated carbocycles. The monoisotopic (exact) mass is 235 g/mol. The smallest absolute Gasteiger partial charge is 0.225 e. The molecule has 1 aliphatic heterocycles. The molecule has 0 aromatic carbocycles. The number of anilines is 1. The van der Waals surface area contributed by atoms with Crippen LogP contribution in [0.3, 0.4) is 0 Å². The summed E-state index contributed by atoms with van der Waals surface area (Å²) in [4.78, 5) is 13.7. The molecule has 2 heterocycles. The van der Waals surface area contributed by atoms with E-state index in [1.165, 1.54) is 0 Å². The summed E-state index contributed by atoms with van der Waals surface area (Å²) in [5, 5.41) is 0. The van der Waals surface area contributed by atoms with Crippen LogP contribution in [0.5, 0.6) is 0 Å². The van der Waals surface area contributed by atoms with Crippen molar-refractivity contribution in [1.82, 2.24) is 14.9 Å². The second-order valence-electron chi connectivity index (χ2n) is 4.43. The number of nitrogens with two attached hydrogens (primary N) is 1. The number of hydrogen-bond acceptors (Lipinski definition) is 5. The third-order valence-corrected chi connectivity index (χ3v) is 3.21. The van der Waals surface area contributed by atoms with Gasteiger partial charge in [0.2, 0.25) is 5.95 Å². The summed E-state index contributed by atoms with van der Waals surface area (Å²) in [7, 11) is 0. The Morgan fingerprint density at radius 3 is 2.53 bits per heavy atom. The standard InChI is InChI=1S/C12H21N5/c1-3-16-4-6-17(7-5-16)12-14-10(2)8-11(9-13)15-12/h8H,3-7,9,13H2,1-2H3. The summed E-state index contributed by atoms with van der Waals surface area (Å²) in [5.74, 6) is 0.834. The van der Waals surface area contributed by atoms with Crippen LogP contribution < -0.4 is 10.6 Å². The van der Waals surface area contributed by atoms with Crippen molar-refractivity contribution in [2.45, 2.75) is 20.4 Å². The maximum atomic E-state index is 5.64. The zero-order chi connectivity index (χ0) is 12.3. The van der Waals surface area contributed by atoms with Crippen molar-refractivity contribution in [3.8, 4) is 0 Å². The van der Waals surface area contributed by atoms with E-state index in [2.05, 4.69) is 26.7 Å². The number of aryl methyl sites for hydroxylation is 1. The maximum Gasteiger partial charge on any atom is 0.225 e. The van der Waals surface area contributed by atoms with Crippen molar-refractivity contribution >= 4 is 5.95 Å². The molecule has 94 valence electrons. The first-order valence-corrected chi connectivity index (χ1v) is 6.25. The van der Waals surface area contributed by atoms with Crippen LogP contribution in [0.15, 0.2) is 6.07 Å². The quantitative estimate of drug-likeness (QED) is 0.821. The number of piperazine rings is 1. The summed E-state index contributed by atoms with van der Waals surface area (Å²) in [5.41, 5.74) is 7.56. The fourth-order valence-electron chi connectivity index (χ4n) is 2.13. The normalized spacial score (nSPS) is 17.5. The van der Waals surface area contributed by atoms with Crippen LogP contribution in [-0.4, -0.2) is 47.6 Å². The van der Waals surface area contributed by atoms with Crippen molar-refractivity contribution in [3.63, 3.8) is 0 Å². The summed E-state index contributed by atoms with van der Waals surface area (Å²) in [6, 6.07) is 1.95. The van der Waals surface area contributed by atoms with Gasteiger partial charge in [0.25, 0.3) is 0 Å². The number of hydrogen-bond donors (Lipinski definition) is 1. The molecule has 2 rings (SSSR count). The topological polar surface area (TPSA) is 58.3 Å². The van der Waals surface area contributed by atoms with Crippen LogP contribution in [0, 0.1) is 6.92 Å². The molecular formula is C12H21N5. The van der Waals surface area contributed by atoms with Gasteiger partial charge < -0.3 is 15.5 Å². The van der Waals surface area contributed by atoms with E-state index in [1.807, 2.05) is 13.0 Å². The summed E-state index contributed by atoms with van der Waals surface area (Å²) >= 11 is 0. The van der Waals surface area contributed by atoms with Crippen molar-refractivity contribution in [2.75, 3.05) is 37.6 Å². The van der Waals surface area contributed by atoms with Gasteiger partial charge in [-0.25, -0.2) is 9.97 Å². The highest BCUT2D eigenvalue weighted by Crippen LogP contribution is 2.12. The van der Waals surface area contributed by atoms with Crippen molar-refractivity contribution in [2.24, 2.45) is 5.73 Å². The van der Waals surface area contributed by atoms with Crippen LogP contribution >= 0.6 is 0 Å². The van der Waals surface area contributed by atoms with Crippen LogP contribution in [0.25, 0.3) is 0 Å². The lowest BCUT2D eigenvalue weighted by molar-refractivity contribution is 0.270. The van der Waals surface area contributed by atoms with E-state index in [1.54, 1.807) is 0 Å². The third-order valence-electron chi connectivity index (χ3n) is 3.21. The van der Waals surface area contributed by atoms with E-state index in [0.717, 1.165) is 50.1 Å². The third kappa shape index (κ3) is 2.92. The van der Waals surface area contributed by atoms with Gasteiger partial charge in [-0.05, 0) is 19.5 Å². The summed E-state index contributed by atoms with van der Waals surface area (Å²) < 4.78 is 0. The molecule has 1 aromatic rings. The predicted octanol–water partition coefficient (Wildman–Crippen LogP) is 0.386. The molecule has 0 amide bonds. The zero-order valence-corrected chi connectivity index (χ0v) is 10.7. The molecule has 1 fully saturated rings. The molecule has 5 nitrogen and oxygen atoms in total. The number of likely N-dealkylation sites (N-methyl/N-ethyl adjacent to an activating group) is 1. The van der Waals surface area contributed by atoms with Gasteiger partial charge >= 0.3 is 0 Å². The van der Waals surface area contributed by atoms with Gasteiger partial charge in [-0.15, -0.1) is 0 Å². The molecule has 1 aromatic heterocycles. The fourth-order valence-corrected chi connectivity index (χ4v) is 2.13. The second kappa shape index (κ2) is 5.42. The Hall–Kier alpha value is -1.20. The highest BCUT2D eigenvalue weighted by Gasteiger charge is 2.18. The molecule has 1 aliphatic rings. The summed E-state index contributed by atoms with van der Waals surface area (Å²) in [6.45, 7) is 9.97. The van der Waals surface area contributed by atoms with E-state index >= 15 is 0 Å². The van der Waals surface area contributed by atoms with E-state index in [9.17, 15) is 0 Å². The van der Waals surface area contributed by atoms with Gasteiger partial charge in [-0.2, -0.15) is 0 Å². The molecule has 2 N–H and O–H groups in total. The molecule has 0 bridgehead atoms. The van der Waals surface area contributed by atoms with Gasteiger partial charge in [0.1, 0.15) is 0 Å². The number of rotatable bonds is 3. The molecule has 0 spiro atoms. The van der Waals surface area contributed by atoms with Gasteiger partial charge in [0, 0.05) is 38.4 Å². The molecule has 0 unspecified atom stereocenters. The average Bonchev–Trinajstić information content (AvgIpc) is 2.38. The van der Waals surface area contributed by atoms with Crippen LogP contribution in [0.2, 0.25) is 0 Å². The molecule has 5 heteroatoms. The summed E-state index contributed by atoms with van der Waals surface area (Å²) in [6.07, 6.45) is 0. The Morgan fingerprint density at radius 1 is 1.24 bits per heavy atom. The lowest BCUT2D eigenvalue weighted by Crippen LogP contribution is -2.46. The molecule has 0 aliphatic carbocycles. The lowest BCUT2D eigenvalue weighted by atomic mass is 10.3. The average molecular weight is 235 g/mol. The Morgan fingerprint density at radius 2 is 1.94 bits per heavy atom. The first-order valence-electron chi connectivity index (χ1n) is 6.25. The maximum absolute atomic E-state index is 5.64. The Kier molecular flexibility index (Phi) is 3.91. The predicted molar refractivity (Wildman–Crippen MR) is 69.0 cm³/mol. The Labute approximate surface area is 103 Å². The van der Waals surface area contributed by atoms with E-state index in [0.29, 0.717) is 6.54 Å². The molecular weight excluding hydrogens is 214 g/mol. The van der Waals surface area contributed by atoms with E-state index in [4.69, 9.17) is 5.73 Å². The first kappa shape index (κ1) is 12.3. The SMILES string of the molecule is CCN1CCN(c2nc(C)cc(CN)n2)CC1. The Bertz CT molecular complexity index is 371. The van der Waals surface area contributed by atoms with Gasteiger partial charge in [-0.3, -0.25) is 0 Å². The Balaban J connectivity index is 2.10. The van der Waals surface area contributed by atoms with Gasteiger partial charge in [0.05, 0.1) is 5.69 Å².